The van der Waals surface area contributed by atoms with Crippen LogP contribution in [-0.2, 0) is 10.0 Å². The molecular weight excluding hydrogens is 292 g/mol. The van der Waals surface area contributed by atoms with E-state index < -0.39 is 22.2 Å². The number of nitrogens with zero attached hydrogens (tertiary/aromatic N) is 1. The number of aryl methyl sites for hydroxylation is 1. The summed E-state index contributed by atoms with van der Waals surface area (Å²) in [4.78, 5) is 0.0377. The second kappa shape index (κ2) is 4.92. The van der Waals surface area contributed by atoms with Gasteiger partial charge in [0.2, 0.25) is 10.0 Å². The number of benzene rings is 1. The molecular formula is C11H15ClN2O4S. The zero-order valence-electron chi connectivity index (χ0n) is 10.2. The molecule has 0 radical (unpaired) electrons. The van der Waals surface area contributed by atoms with Gasteiger partial charge in [0.1, 0.15) is 0 Å². The lowest BCUT2D eigenvalue weighted by Gasteiger charge is -2.18. The number of anilines is 1. The Morgan fingerprint density at radius 1 is 1.32 bits per heavy atom. The third kappa shape index (κ3) is 2.56. The molecule has 1 fully saturated rings. The van der Waals surface area contributed by atoms with Gasteiger partial charge in [-0.1, -0.05) is 11.6 Å². The molecule has 8 heteroatoms. The molecule has 1 heterocycles. The number of rotatable bonds is 2. The molecule has 2 atom stereocenters. The van der Waals surface area contributed by atoms with Crippen molar-refractivity contribution in [1.29, 1.82) is 0 Å². The van der Waals surface area contributed by atoms with Gasteiger partial charge in [-0.2, -0.15) is 4.31 Å². The Morgan fingerprint density at radius 3 is 2.37 bits per heavy atom. The number of aliphatic hydroxyl groups excluding tert-OH is 2. The molecule has 6 nitrogen and oxygen atoms in total. The first-order valence-electron chi connectivity index (χ1n) is 5.65. The maximum Gasteiger partial charge on any atom is 0.243 e. The lowest BCUT2D eigenvalue weighted by molar-refractivity contribution is 0.0572. The minimum absolute atomic E-state index is 0.0377. The maximum atomic E-state index is 12.4. The molecule has 0 aliphatic carbocycles. The van der Waals surface area contributed by atoms with Crippen LogP contribution in [0.25, 0.3) is 0 Å². The molecule has 1 aromatic carbocycles. The Balaban J connectivity index is 2.43. The average Bonchev–Trinajstić information content (AvgIpc) is 2.65. The predicted molar refractivity (Wildman–Crippen MR) is 71.4 cm³/mol. The van der Waals surface area contributed by atoms with Crippen LogP contribution in [0.4, 0.5) is 5.69 Å². The van der Waals surface area contributed by atoms with E-state index in [4.69, 9.17) is 17.3 Å². The van der Waals surface area contributed by atoms with Crippen LogP contribution in [0.1, 0.15) is 5.56 Å². The van der Waals surface area contributed by atoms with Crippen LogP contribution < -0.4 is 5.73 Å². The Labute approximate surface area is 116 Å². The molecule has 0 spiro atoms. The van der Waals surface area contributed by atoms with Gasteiger partial charge in [0, 0.05) is 13.1 Å². The summed E-state index contributed by atoms with van der Waals surface area (Å²) in [6, 6.07) is 2.77. The fourth-order valence-corrected chi connectivity index (χ4v) is 3.95. The second-order valence-electron chi connectivity index (χ2n) is 4.60. The molecule has 1 saturated heterocycles. The second-order valence-corrected chi connectivity index (χ2v) is 6.91. The minimum atomic E-state index is -3.80. The van der Waals surface area contributed by atoms with E-state index in [9.17, 15) is 18.6 Å². The molecule has 19 heavy (non-hydrogen) atoms. The molecule has 1 aliphatic rings. The van der Waals surface area contributed by atoms with E-state index >= 15 is 0 Å². The van der Waals surface area contributed by atoms with Crippen molar-refractivity contribution in [1.82, 2.24) is 4.31 Å². The Bertz CT molecular complexity index is 595. The number of aliphatic hydroxyl groups is 2. The number of hydrogen-bond acceptors (Lipinski definition) is 5. The summed E-state index contributed by atoms with van der Waals surface area (Å²) in [7, 11) is -3.80. The molecule has 2 rings (SSSR count). The van der Waals surface area contributed by atoms with Crippen molar-refractivity contribution in [2.45, 2.75) is 24.0 Å². The van der Waals surface area contributed by atoms with Crippen molar-refractivity contribution in [3.8, 4) is 0 Å². The largest absolute Gasteiger partial charge is 0.397 e. The van der Waals surface area contributed by atoms with Gasteiger partial charge in [-0.05, 0) is 24.6 Å². The van der Waals surface area contributed by atoms with Gasteiger partial charge in [0.25, 0.3) is 0 Å². The Morgan fingerprint density at radius 2 is 1.84 bits per heavy atom. The summed E-state index contributed by atoms with van der Waals surface area (Å²) in [5.74, 6) is 0. The van der Waals surface area contributed by atoms with Crippen LogP contribution in [0, 0.1) is 6.92 Å². The van der Waals surface area contributed by atoms with Crippen LogP contribution in [0.3, 0.4) is 0 Å². The van der Waals surface area contributed by atoms with Crippen LogP contribution >= 0.6 is 11.6 Å². The van der Waals surface area contributed by atoms with E-state index in [-0.39, 0.29) is 28.7 Å². The van der Waals surface area contributed by atoms with Crippen LogP contribution in [0.2, 0.25) is 5.02 Å². The first-order valence-corrected chi connectivity index (χ1v) is 7.47. The summed E-state index contributed by atoms with van der Waals surface area (Å²) in [5.41, 5.74) is 6.27. The van der Waals surface area contributed by atoms with Gasteiger partial charge < -0.3 is 15.9 Å². The number of β-amino-alcohol motifs (C(OH)–C–C–N with tert-alkyl or cyclic N) is 2. The lowest BCUT2D eigenvalue weighted by Crippen LogP contribution is -2.30. The molecule has 1 aromatic rings. The van der Waals surface area contributed by atoms with E-state index in [0.29, 0.717) is 5.56 Å². The van der Waals surface area contributed by atoms with Gasteiger partial charge in [-0.3, -0.25) is 0 Å². The first kappa shape index (κ1) is 14.5. The topological polar surface area (TPSA) is 104 Å². The molecule has 0 saturated carbocycles. The molecule has 2 unspecified atom stereocenters. The van der Waals surface area contributed by atoms with E-state index in [1.54, 1.807) is 6.92 Å². The highest BCUT2D eigenvalue weighted by molar-refractivity contribution is 7.89. The molecule has 0 bridgehead atoms. The number of sulfonamides is 1. The number of nitrogen functional groups attached to an aromatic ring is 1. The monoisotopic (exact) mass is 306 g/mol. The van der Waals surface area contributed by atoms with Crippen molar-refractivity contribution in [2.75, 3.05) is 18.8 Å². The fourth-order valence-electron chi connectivity index (χ4n) is 2.02. The van der Waals surface area contributed by atoms with Crippen molar-refractivity contribution < 1.29 is 18.6 Å². The van der Waals surface area contributed by atoms with Crippen molar-refractivity contribution >= 4 is 27.3 Å². The summed E-state index contributed by atoms with van der Waals surface area (Å²) in [5, 5.41) is 19.2. The summed E-state index contributed by atoms with van der Waals surface area (Å²) in [6.07, 6.45) is -2.14. The Hall–Kier alpha value is -0.860. The van der Waals surface area contributed by atoms with Gasteiger partial charge in [0.15, 0.2) is 0 Å². The summed E-state index contributed by atoms with van der Waals surface area (Å²) >= 11 is 5.83. The highest BCUT2D eigenvalue weighted by Gasteiger charge is 2.38. The summed E-state index contributed by atoms with van der Waals surface area (Å²) in [6.45, 7) is 1.35. The molecule has 4 N–H and O–H groups in total. The highest BCUT2D eigenvalue weighted by Crippen LogP contribution is 2.29. The zero-order valence-corrected chi connectivity index (χ0v) is 11.8. The van der Waals surface area contributed by atoms with Crippen LogP contribution in [0.5, 0.6) is 0 Å². The van der Waals surface area contributed by atoms with Gasteiger partial charge >= 0.3 is 0 Å². The van der Waals surface area contributed by atoms with E-state index in [0.717, 1.165) is 4.31 Å². The standard InChI is InChI=1S/C11H15ClN2O4S/c1-6-2-7(12)8(13)3-11(6)19(17,18)14-4-9(15)10(16)5-14/h2-3,9-10,15-16H,4-5,13H2,1H3. The van der Waals surface area contributed by atoms with Gasteiger partial charge in [0.05, 0.1) is 27.8 Å². The smallest absolute Gasteiger partial charge is 0.243 e. The quantitative estimate of drug-likeness (QED) is 0.665. The Kier molecular flexibility index (Phi) is 3.76. The highest BCUT2D eigenvalue weighted by atomic mass is 35.5. The van der Waals surface area contributed by atoms with Crippen molar-refractivity contribution in [2.24, 2.45) is 0 Å². The van der Waals surface area contributed by atoms with E-state index in [1.165, 1.54) is 12.1 Å². The van der Waals surface area contributed by atoms with E-state index in [1.807, 2.05) is 0 Å². The SMILES string of the molecule is Cc1cc(Cl)c(N)cc1S(=O)(=O)N1CC(O)C(O)C1. The molecule has 0 aromatic heterocycles. The van der Waals surface area contributed by atoms with Crippen molar-refractivity contribution in [3.63, 3.8) is 0 Å². The third-order valence-corrected chi connectivity index (χ3v) is 5.44. The normalized spacial score (nSPS) is 24.8. The number of nitrogens with two attached hydrogens (primary N) is 1. The first-order chi connectivity index (χ1) is 8.73. The van der Waals surface area contributed by atoms with Gasteiger partial charge in [-0.25, -0.2) is 8.42 Å². The predicted octanol–water partition coefficient (Wildman–Crippen LogP) is -0.0433. The average molecular weight is 307 g/mol. The lowest BCUT2D eigenvalue weighted by atomic mass is 10.2. The van der Waals surface area contributed by atoms with Crippen molar-refractivity contribution in [3.05, 3.63) is 22.7 Å². The van der Waals surface area contributed by atoms with Crippen LogP contribution in [-0.4, -0.2) is 48.2 Å². The zero-order chi connectivity index (χ0) is 14.4. The van der Waals surface area contributed by atoms with Gasteiger partial charge in [-0.15, -0.1) is 0 Å². The molecule has 106 valence electrons. The summed E-state index contributed by atoms with van der Waals surface area (Å²) < 4.78 is 25.9. The molecule has 0 amide bonds. The number of halogens is 1. The maximum absolute atomic E-state index is 12.4. The minimum Gasteiger partial charge on any atom is -0.397 e. The number of hydrogen-bond donors (Lipinski definition) is 3. The molecule has 1 aliphatic heterocycles. The third-order valence-electron chi connectivity index (χ3n) is 3.14. The van der Waals surface area contributed by atoms with E-state index in [2.05, 4.69) is 0 Å². The van der Waals surface area contributed by atoms with Crippen LogP contribution in [0.15, 0.2) is 17.0 Å². The fraction of sp³-hybridized carbons (Fsp3) is 0.455.